The summed E-state index contributed by atoms with van der Waals surface area (Å²) in [5.41, 5.74) is 1.51. The van der Waals surface area contributed by atoms with E-state index in [2.05, 4.69) is 27.7 Å². The summed E-state index contributed by atoms with van der Waals surface area (Å²) in [6.45, 7) is 0.346. The van der Waals surface area contributed by atoms with E-state index < -0.39 is 11.6 Å². The van der Waals surface area contributed by atoms with Gasteiger partial charge in [0.1, 0.15) is 11.6 Å². The molecule has 96 valence electrons. The van der Waals surface area contributed by atoms with E-state index in [-0.39, 0.29) is 0 Å². The first-order valence-electron chi connectivity index (χ1n) is 5.68. The summed E-state index contributed by atoms with van der Waals surface area (Å²) in [4.78, 5) is 0. The number of nitrogens with zero attached hydrogens (tertiary/aromatic N) is 2. The highest BCUT2D eigenvalue weighted by molar-refractivity contribution is 14.1. The molecule has 0 saturated heterocycles. The van der Waals surface area contributed by atoms with Crippen LogP contribution in [-0.2, 0) is 6.54 Å². The Balaban J connectivity index is 2.03. The Kier molecular flexibility index (Phi) is 3.22. The Morgan fingerprint density at radius 2 is 1.79 bits per heavy atom. The SMILES string of the molecule is Fc1cc(F)cc(Cn2ncc3ccc(I)cc32)c1. The molecule has 0 spiro atoms. The van der Waals surface area contributed by atoms with Gasteiger partial charge in [-0.2, -0.15) is 5.10 Å². The number of rotatable bonds is 2. The molecule has 0 aliphatic rings. The van der Waals surface area contributed by atoms with Crippen LogP contribution < -0.4 is 0 Å². The van der Waals surface area contributed by atoms with Crippen LogP contribution in [0.3, 0.4) is 0 Å². The Hall–Kier alpha value is -1.50. The normalized spacial score (nSPS) is 11.1. The molecule has 0 bridgehead atoms. The average molecular weight is 370 g/mol. The number of benzene rings is 2. The molecule has 0 fully saturated rings. The molecule has 2 nitrogen and oxygen atoms in total. The van der Waals surface area contributed by atoms with Crippen LogP contribution in [0.4, 0.5) is 8.78 Å². The van der Waals surface area contributed by atoms with Crippen LogP contribution in [0.5, 0.6) is 0 Å². The monoisotopic (exact) mass is 370 g/mol. The summed E-state index contributed by atoms with van der Waals surface area (Å²) in [5.74, 6) is -1.14. The highest BCUT2D eigenvalue weighted by atomic mass is 127. The van der Waals surface area contributed by atoms with Crippen LogP contribution in [0.1, 0.15) is 5.56 Å². The zero-order chi connectivity index (χ0) is 13.4. The Bertz CT molecular complexity index is 732. The maximum atomic E-state index is 13.2. The lowest BCUT2D eigenvalue weighted by Gasteiger charge is -2.05. The van der Waals surface area contributed by atoms with Gasteiger partial charge >= 0.3 is 0 Å². The zero-order valence-electron chi connectivity index (χ0n) is 9.78. The molecular formula is C14H9F2IN2. The molecule has 2 aromatic carbocycles. The molecule has 0 N–H and O–H groups in total. The summed E-state index contributed by atoms with van der Waals surface area (Å²) >= 11 is 2.22. The number of halogens is 3. The second-order valence-corrected chi connectivity index (χ2v) is 5.53. The van der Waals surface area contributed by atoms with Gasteiger partial charge in [-0.25, -0.2) is 8.78 Å². The summed E-state index contributed by atoms with van der Waals surface area (Å²) in [6.07, 6.45) is 1.75. The van der Waals surface area contributed by atoms with E-state index in [0.717, 1.165) is 20.5 Å². The number of aromatic nitrogens is 2. The van der Waals surface area contributed by atoms with Crippen molar-refractivity contribution in [3.63, 3.8) is 0 Å². The molecular weight excluding hydrogens is 361 g/mol. The number of hydrogen-bond acceptors (Lipinski definition) is 1. The van der Waals surface area contributed by atoms with Crippen molar-refractivity contribution in [1.82, 2.24) is 9.78 Å². The maximum Gasteiger partial charge on any atom is 0.126 e. The topological polar surface area (TPSA) is 17.8 Å². The van der Waals surface area contributed by atoms with Gasteiger partial charge in [0.2, 0.25) is 0 Å². The van der Waals surface area contributed by atoms with Gasteiger partial charge < -0.3 is 0 Å². The van der Waals surface area contributed by atoms with Crippen LogP contribution in [0, 0.1) is 15.2 Å². The van der Waals surface area contributed by atoms with Crippen molar-refractivity contribution in [3.8, 4) is 0 Å². The molecule has 0 radical (unpaired) electrons. The smallest absolute Gasteiger partial charge is 0.126 e. The molecule has 3 rings (SSSR count). The maximum absolute atomic E-state index is 13.2. The molecule has 3 aromatic rings. The van der Waals surface area contributed by atoms with Gasteiger partial charge in [0, 0.05) is 15.0 Å². The summed E-state index contributed by atoms with van der Waals surface area (Å²) in [6, 6.07) is 9.49. The predicted octanol–water partition coefficient (Wildman–Crippen LogP) is 3.97. The summed E-state index contributed by atoms with van der Waals surface area (Å²) in [7, 11) is 0. The van der Waals surface area contributed by atoms with Crippen LogP contribution in [0.2, 0.25) is 0 Å². The second kappa shape index (κ2) is 4.88. The predicted molar refractivity (Wildman–Crippen MR) is 77.9 cm³/mol. The highest BCUT2D eigenvalue weighted by Gasteiger charge is 2.06. The minimum atomic E-state index is -0.568. The van der Waals surface area contributed by atoms with E-state index in [4.69, 9.17) is 0 Å². The van der Waals surface area contributed by atoms with Gasteiger partial charge in [0.05, 0.1) is 18.3 Å². The average Bonchev–Trinajstić information content (AvgIpc) is 2.70. The first kappa shape index (κ1) is 12.5. The first-order valence-corrected chi connectivity index (χ1v) is 6.76. The molecule has 0 atom stereocenters. The standard InChI is InChI=1S/C14H9F2IN2/c15-11-3-9(4-12(16)5-11)8-19-14-6-13(17)2-1-10(14)7-18-19/h1-7H,8H2. The van der Waals surface area contributed by atoms with E-state index >= 15 is 0 Å². The lowest BCUT2D eigenvalue weighted by atomic mass is 10.2. The van der Waals surface area contributed by atoms with E-state index in [9.17, 15) is 8.78 Å². The first-order chi connectivity index (χ1) is 9.11. The van der Waals surface area contributed by atoms with E-state index in [1.54, 1.807) is 10.9 Å². The Morgan fingerprint density at radius 3 is 2.53 bits per heavy atom. The van der Waals surface area contributed by atoms with Crippen molar-refractivity contribution in [2.24, 2.45) is 0 Å². The summed E-state index contributed by atoms with van der Waals surface area (Å²) < 4.78 is 29.2. The third-order valence-electron chi connectivity index (χ3n) is 2.86. The number of fused-ring (bicyclic) bond motifs is 1. The molecule has 0 saturated carbocycles. The molecule has 19 heavy (non-hydrogen) atoms. The van der Waals surface area contributed by atoms with E-state index in [0.29, 0.717) is 12.1 Å². The van der Waals surface area contributed by atoms with E-state index in [1.165, 1.54) is 12.1 Å². The van der Waals surface area contributed by atoms with Crippen molar-refractivity contribution in [3.05, 3.63) is 63.4 Å². The van der Waals surface area contributed by atoms with E-state index in [1.807, 2.05) is 18.2 Å². The van der Waals surface area contributed by atoms with Gasteiger partial charge in [0.15, 0.2) is 0 Å². The van der Waals surface area contributed by atoms with Crippen molar-refractivity contribution in [1.29, 1.82) is 0 Å². The fraction of sp³-hybridized carbons (Fsp3) is 0.0714. The van der Waals surface area contributed by atoms with Gasteiger partial charge in [0.25, 0.3) is 0 Å². The van der Waals surface area contributed by atoms with Crippen molar-refractivity contribution < 1.29 is 8.78 Å². The molecule has 0 aliphatic heterocycles. The second-order valence-electron chi connectivity index (χ2n) is 4.28. The van der Waals surface area contributed by atoms with Crippen molar-refractivity contribution >= 4 is 33.5 Å². The van der Waals surface area contributed by atoms with Crippen LogP contribution in [0.15, 0.2) is 42.6 Å². The van der Waals surface area contributed by atoms with Crippen LogP contribution in [-0.4, -0.2) is 9.78 Å². The van der Waals surface area contributed by atoms with Crippen LogP contribution >= 0.6 is 22.6 Å². The fourth-order valence-electron chi connectivity index (χ4n) is 2.04. The quantitative estimate of drug-likeness (QED) is 0.625. The minimum absolute atomic E-state index is 0.346. The third-order valence-corrected chi connectivity index (χ3v) is 3.53. The van der Waals surface area contributed by atoms with Crippen molar-refractivity contribution in [2.75, 3.05) is 0 Å². The Labute approximate surface area is 122 Å². The largest absolute Gasteiger partial charge is 0.260 e. The third kappa shape index (κ3) is 2.60. The van der Waals surface area contributed by atoms with Gasteiger partial charge in [-0.05, 0) is 52.4 Å². The van der Waals surface area contributed by atoms with Gasteiger partial charge in [-0.15, -0.1) is 0 Å². The number of hydrogen-bond donors (Lipinski definition) is 0. The molecule has 0 aliphatic carbocycles. The van der Waals surface area contributed by atoms with Crippen LogP contribution in [0.25, 0.3) is 10.9 Å². The lowest BCUT2D eigenvalue weighted by molar-refractivity contribution is 0.575. The van der Waals surface area contributed by atoms with Gasteiger partial charge in [-0.3, -0.25) is 4.68 Å². The summed E-state index contributed by atoms with van der Waals surface area (Å²) in [5, 5.41) is 5.27. The molecule has 1 heterocycles. The minimum Gasteiger partial charge on any atom is -0.260 e. The lowest BCUT2D eigenvalue weighted by Crippen LogP contribution is -2.02. The highest BCUT2D eigenvalue weighted by Crippen LogP contribution is 2.18. The molecule has 0 amide bonds. The molecule has 0 unspecified atom stereocenters. The molecule has 5 heteroatoms. The van der Waals surface area contributed by atoms with Crippen molar-refractivity contribution in [2.45, 2.75) is 6.54 Å². The van der Waals surface area contributed by atoms with Gasteiger partial charge in [-0.1, -0.05) is 6.07 Å². The Morgan fingerprint density at radius 1 is 1.05 bits per heavy atom. The molecule has 1 aromatic heterocycles. The fourth-order valence-corrected chi connectivity index (χ4v) is 2.52. The zero-order valence-corrected chi connectivity index (χ0v) is 11.9.